The molecule has 0 spiro atoms. The van der Waals surface area contributed by atoms with Crippen molar-refractivity contribution in [3.63, 3.8) is 0 Å². The third kappa shape index (κ3) is 4.41. The molecule has 0 amide bonds. The Kier molecular flexibility index (Phi) is 5.91. The minimum absolute atomic E-state index is 0.291. The predicted molar refractivity (Wildman–Crippen MR) is 122 cm³/mol. The van der Waals surface area contributed by atoms with Gasteiger partial charge in [-0.05, 0) is 70.3 Å². The minimum Gasteiger partial charge on any atom is -0.382 e. The lowest BCUT2D eigenvalue weighted by Gasteiger charge is -2.30. The van der Waals surface area contributed by atoms with Crippen molar-refractivity contribution in [1.82, 2.24) is 20.3 Å². The van der Waals surface area contributed by atoms with Crippen molar-refractivity contribution >= 4 is 28.2 Å². The molecule has 3 N–H and O–H groups in total. The largest absolute Gasteiger partial charge is 0.382 e. The standard InChI is InChI=1S/C23H28ClN5O/c1-14(16-5-4-8-25-10-16)29-21-18-9-15(6-7-20(18)26-13-19(21)24)17-11-27-22(28-12-17)23(2,3)30/h6-7,9,11-14,16,25,30H,4-5,8,10H2,1-3H3,(H,26,29)/t14-,16-/m1/s1. The number of rotatable bonds is 5. The van der Waals surface area contributed by atoms with E-state index < -0.39 is 5.60 Å². The molecule has 3 aromatic rings. The van der Waals surface area contributed by atoms with Gasteiger partial charge in [0.1, 0.15) is 5.60 Å². The highest BCUT2D eigenvalue weighted by atomic mass is 35.5. The summed E-state index contributed by atoms with van der Waals surface area (Å²) < 4.78 is 0. The summed E-state index contributed by atoms with van der Waals surface area (Å²) in [5, 5.41) is 18.8. The smallest absolute Gasteiger partial charge is 0.159 e. The first-order chi connectivity index (χ1) is 14.3. The van der Waals surface area contributed by atoms with E-state index in [9.17, 15) is 5.11 Å². The fraction of sp³-hybridized carbons (Fsp3) is 0.435. The van der Waals surface area contributed by atoms with Crippen molar-refractivity contribution in [3.8, 4) is 11.1 Å². The second kappa shape index (κ2) is 8.46. The second-order valence-electron chi connectivity index (χ2n) is 8.61. The van der Waals surface area contributed by atoms with Crippen LogP contribution in [0.15, 0.2) is 36.8 Å². The Morgan fingerprint density at radius 3 is 2.60 bits per heavy atom. The molecule has 3 heterocycles. The third-order valence-corrected chi connectivity index (χ3v) is 6.05. The fourth-order valence-corrected chi connectivity index (χ4v) is 4.14. The van der Waals surface area contributed by atoms with Gasteiger partial charge in [0.05, 0.1) is 16.2 Å². The van der Waals surface area contributed by atoms with Crippen LogP contribution in [0, 0.1) is 5.92 Å². The molecule has 0 bridgehead atoms. The van der Waals surface area contributed by atoms with Crippen LogP contribution >= 0.6 is 11.6 Å². The van der Waals surface area contributed by atoms with Crippen molar-refractivity contribution in [1.29, 1.82) is 0 Å². The quantitative estimate of drug-likeness (QED) is 0.563. The number of pyridine rings is 1. The summed E-state index contributed by atoms with van der Waals surface area (Å²) in [5.41, 5.74) is 2.58. The molecule has 2 atom stereocenters. The van der Waals surface area contributed by atoms with Gasteiger partial charge in [-0.15, -0.1) is 0 Å². The number of hydrogen-bond acceptors (Lipinski definition) is 6. The van der Waals surface area contributed by atoms with E-state index in [1.807, 2.05) is 12.1 Å². The monoisotopic (exact) mass is 425 g/mol. The summed E-state index contributed by atoms with van der Waals surface area (Å²) in [6, 6.07) is 6.36. The summed E-state index contributed by atoms with van der Waals surface area (Å²) in [6.07, 6.45) is 7.59. The normalized spacial score (nSPS) is 18.4. The lowest BCUT2D eigenvalue weighted by atomic mass is 9.92. The van der Waals surface area contributed by atoms with Crippen molar-refractivity contribution in [3.05, 3.63) is 47.6 Å². The van der Waals surface area contributed by atoms with Crippen LogP contribution in [0.25, 0.3) is 22.0 Å². The molecule has 0 saturated carbocycles. The van der Waals surface area contributed by atoms with E-state index in [0.29, 0.717) is 22.8 Å². The van der Waals surface area contributed by atoms with Gasteiger partial charge in [-0.2, -0.15) is 0 Å². The van der Waals surface area contributed by atoms with E-state index in [0.717, 1.165) is 40.8 Å². The number of anilines is 1. The molecule has 1 aliphatic heterocycles. The van der Waals surface area contributed by atoms with Crippen LogP contribution < -0.4 is 10.6 Å². The lowest BCUT2D eigenvalue weighted by Crippen LogP contribution is -2.38. The van der Waals surface area contributed by atoms with E-state index in [4.69, 9.17) is 11.6 Å². The summed E-state index contributed by atoms with van der Waals surface area (Å²) in [5.74, 6) is 0.956. The van der Waals surface area contributed by atoms with E-state index in [1.54, 1.807) is 32.4 Å². The number of aliphatic hydroxyl groups is 1. The Morgan fingerprint density at radius 2 is 1.93 bits per heavy atom. The summed E-state index contributed by atoms with van der Waals surface area (Å²) in [4.78, 5) is 13.2. The maximum absolute atomic E-state index is 10.1. The van der Waals surface area contributed by atoms with E-state index in [-0.39, 0.29) is 0 Å². The van der Waals surface area contributed by atoms with E-state index in [1.165, 1.54) is 12.8 Å². The highest BCUT2D eigenvalue weighted by Crippen LogP contribution is 2.34. The number of nitrogens with one attached hydrogen (secondary N) is 2. The van der Waals surface area contributed by atoms with Crippen LogP contribution in [-0.2, 0) is 5.60 Å². The molecule has 0 unspecified atom stereocenters. The van der Waals surface area contributed by atoms with Crippen LogP contribution in [0.5, 0.6) is 0 Å². The van der Waals surface area contributed by atoms with Crippen LogP contribution in [0.3, 0.4) is 0 Å². The Balaban J connectivity index is 1.68. The van der Waals surface area contributed by atoms with Crippen LogP contribution in [0.4, 0.5) is 5.69 Å². The van der Waals surface area contributed by atoms with Crippen molar-refractivity contribution in [2.75, 3.05) is 18.4 Å². The van der Waals surface area contributed by atoms with Gasteiger partial charge < -0.3 is 15.7 Å². The number of fused-ring (bicyclic) bond motifs is 1. The molecule has 0 radical (unpaired) electrons. The van der Waals surface area contributed by atoms with Crippen molar-refractivity contribution in [2.24, 2.45) is 5.92 Å². The number of hydrogen-bond donors (Lipinski definition) is 3. The number of benzene rings is 1. The molecule has 2 aromatic heterocycles. The van der Waals surface area contributed by atoms with Crippen LogP contribution in [0.2, 0.25) is 5.02 Å². The molecular weight excluding hydrogens is 398 g/mol. The molecule has 0 aliphatic carbocycles. The van der Waals surface area contributed by atoms with Gasteiger partial charge in [0.25, 0.3) is 0 Å². The fourth-order valence-electron chi connectivity index (χ4n) is 3.94. The van der Waals surface area contributed by atoms with Crippen LogP contribution in [0.1, 0.15) is 39.4 Å². The first-order valence-corrected chi connectivity index (χ1v) is 10.8. The molecule has 6 nitrogen and oxygen atoms in total. The Labute approximate surface area is 182 Å². The summed E-state index contributed by atoms with van der Waals surface area (Å²) >= 11 is 6.56. The van der Waals surface area contributed by atoms with Gasteiger partial charge in [0.2, 0.25) is 0 Å². The first kappa shape index (κ1) is 21.0. The maximum Gasteiger partial charge on any atom is 0.159 e. The second-order valence-corrected chi connectivity index (χ2v) is 9.01. The Hall–Kier alpha value is -2.28. The van der Waals surface area contributed by atoms with Crippen LogP contribution in [-0.4, -0.2) is 39.2 Å². The number of halogens is 1. The predicted octanol–water partition coefficient (Wildman–Crippen LogP) is 4.37. The van der Waals surface area contributed by atoms with Gasteiger partial charge in [0, 0.05) is 35.6 Å². The molecule has 1 aliphatic rings. The van der Waals surface area contributed by atoms with E-state index in [2.05, 4.69) is 38.6 Å². The number of piperidine rings is 1. The SMILES string of the molecule is C[C@@H](Nc1c(Cl)cnc2ccc(-c3cnc(C(C)(C)O)nc3)cc12)[C@@H]1CCCNC1. The molecule has 158 valence electrons. The van der Waals surface area contributed by atoms with Gasteiger partial charge in [-0.25, -0.2) is 9.97 Å². The minimum atomic E-state index is -1.07. The number of aromatic nitrogens is 3. The third-order valence-electron chi connectivity index (χ3n) is 5.77. The average Bonchev–Trinajstić information content (AvgIpc) is 2.75. The Bertz CT molecular complexity index is 1030. The van der Waals surface area contributed by atoms with Gasteiger partial charge in [0.15, 0.2) is 5.82 Å². The zero-order valence-corrected chi connectivity index (χ0v) is 18.4. The topological polar surface area (TPSA) is 83.0 Å². The zero-order valence-electron chi connectivity index (χ0n) is 17.6. The van der Waals surface area contributed by atoms with E-state index >= 15 is 0 Å². The highest BCUT2D eigenvalue weighted by molar-refractivity contribution is 6.34. The number of nitrogens with zero attached hydrogens (tertiary/aromatic N) is 3. The summed E-state index contributed by atoms with van der Waals surface area (Å²) in [6.45, 7) is 7.68. The average molecular weight is 426 g/mol. The molecule has 4 rings (SSSR count). The molecule has 1 fully saturated rings. The van der Waals surface area contributed by atoms with Crippen molar-refractivity contribution < 1.29 is 5.11 Å². The summed E-state index contributed by atoms with van der Waals surface area (Å²) in [7, 11) is 0. The highest BCUT2D eigenvalue weighted by Gasteiger charge is 2.22. The van der Waals surface area contributed by atoms with Crippen molar-refractivity contribution in [2.45, 2.75) is 45.3 Å². The zero-order chi connectivity index (χ0) is 21.3. The van der Waals surface area contributed by atoms with Gasteiger partial charge in [-0.3, -0.25) is 4.98 Å². The van der Waals surface area contributed by atoms with Gasteiger partial charge >= 0.3 is 0 Å². The molecular formula is C23H28ClN5O. The van der Waals surface area contributed by atoms with Gasteiger partial charge in [-0.1, -0.05) is 17.7 Å². The maximum atomic E-state index is 10.1. The molecule has 7 heteroatoms. The molecule has 1 saturated heterocycles. The molecule has 1 aromatic carbocycles. The Morgan fingerprint density at radius 1 is 1.17 bits per heavy atom. The lowest BCUT2D eigenvalue weighted by molar-refractivity contribution is 0.0687. The molecule has 30 heavy (non-hydrogen) atoms. The first-order valence-electron chi connectivity index (χ1n) is 10.4.